The van der Waals surface area contributed by atoms with Gasteiger partial charge in [0.15, 0.2) is 0 Å². The first-order valence-corrected chi connectivity index (χ1v) is 7.12. The number of carbonyl (C=O) groups excluding carboxylic acids is 1. The van der Waals surface area contributed by atoms with Crippen molar-refractivity contribution in [1.82, 2.24) is 4.90 Å². The summed E-state index contributed by atoms with van der Waals surface area (Å²) in [6.45, 7) is 2.52. The van der Waals surface area contributed by atoms with Gasteiger partial charge in [-0.05, 0) is 38.1 Å². The average Bonchev–Trinajstić information content (AvgIpc) is 2.35. The number of nitrogens with two attached hydrogens (primary N) is 1. The minimum atomic E-state index is 0.0264. The number of para-hydroxylation sites is 2. The summed E-state index contributed by atoms with van der Waals surface area (Å²) in [6.07, 6.45) is 6.29. The molecule has 1 saturated heterocycles. The number of likely N-dealkylation sites (tertiary alicyclic amines) is 1. The monoisotopic (exact) mass is 261 g/mol. The third-order valence-electron chi connectivity index (χ3n) is 3.55. The second-order valence-electron chi connectivity index (χ2n) is 5.18. The summed E-state index contributed by atoms with van der Waals surface area (Å²) in [5, 5.41) is 2.89. The van der Waals surface area contributed by atoms with Crippen LogP contribution in [0.15, 0.2) is 24.3 Å². The van der Waals surface area contributed by atoms with E-state index in [-0.39, 0.29) is 5.91 Å². The summed E-state index contributed by atoms with van der Waals surface area (Å²) in [5.41, 5.74) is 7.14. The number of benzene rings is 1. The van der Waals surface area contributed by atoms with Crippen LogP contribution in [0.3, 0.4) is 0 Å². The maximum atomic E-state index is 12.0. The Hall–Kier alpha value is -1.55. The number of anilines is 2. The van der Waals surface area contributed by atoms with Gasteiger partial charge in [0, 0.05) is 0 Å². The van der Waals surface area contributed by atoms with E-state index in [1.807, 2.05) is 18.2 Å². The van der Waals surface area contributed by atoms with E-state index in [0.717, 1.165) is 13.1 Å². The van der Waals surface area contributed by atoms with Gasteiger partial charge in [0.2, 0.25) is 5.91 Å². The van der Waals surface area contributed by atoms with Crippen LogP contribution in [-0.4, -0.2) is 30.4 Å². The second kappa shape index (κ2) is 7.14. The first-order chi connectivity index (χ1) is 9.25. The van der Waals surface area contributed by atoms with Gasteiger partial charge in [0.1, 0.15) is 0 Å². The van der Waals surface area contributed by atoms with E-state index in [4.69, 9.17) is 5.73 Å². The van der Waals surface area contributed by atoms with Gasteiger partial charge in [-0.2, -0.15) is 0 Å². The number of carbonyl (C=O) groups is 1. The zero-order valence-corrected chi connectivity index (χ0v) is 11.4. The molecule has 0 aliphatic carbocycles. The highest BCUT2D eigenvalue weighted by molar-refractivity contribution is 5.95. The number of nitrogen functional groups attached to an aromatic ring is 1. The molecule has 4 nitrogen and oxygen atoms in total. The Morgan fingerprint density at radius 3 is 2.42 bits per heavy atom. The molecule has 3 N–H and O–H groups in total. The van der Waals surface area contributed by atoms with Crippen LogP contribution in [0.4, 0.5) is 11.4 Å². The highest BCUT2D eigenvalue weighted by Crippen LogP contribution is 2.17. The van der Waals surface area contributed by atoms with Crippen molar-refractivity contribution in [3.8, 4) is 0 Å². The average molecular weight is 261 g/mol. The molecule has 0 aromatic heterocycles. The lowest BCUT2D eigenvalue weighted by Crippen LogP contribution is -2.35. The summed E-state index contributed by atoms with van der Waals surface area (Å²) in [5.74, 6) is 0.0264. The molecular weight excluding hydrogens is 238 g/mol. The fourth-order valence-corrected chi connectivity index (χ4v) is 2.47. The fourth-order valence-electron chi connectivity index (χ4n) is 2.47. The fraction of sp³-hybridized carbons (Fsp3) is 0.533. The standard InChI is InChI=1S/C15H23N3O/c16-13-8-4-5-9-14(13)17-15(19)12-18-10-6-2-1-3-7-11-18/h4-5,8-9H,1-3,6-7,10-12,16H2,(H,17,19). The number of amides is 1. The van der Waals surface area contributed by atoms with Gasteiger partial charge < -0.3 is 11.1 Å². The summed E-state index contributed by atoms with van der Waals surface area (Å²) in [4.78, 5) is 14.3. The van der Waals surface area contributed by atoms with Crippen LogP contribution in [0.5, 0.6) is 0 Å². The normalized spacial score (nSPS) is 17.5. The van der Waals surface area contributed by atoms with E-state index in [1.165, 1.54) is 32.1 Å². The van der Waals surface area contributed by atoms with Gasteiger partial charge in [0.05, 0.1) is 17.9 Å². The molecule has 1 fully saturated rings. The molecule has 1 aromatic carbocycles. The third-order valence-corrected chi connectivity index (χ3v) is 3.55. The Labute approximate surface area is 115 Å². The zero-order valence-electron chi connectivity index (χ0n) is 11.4. The Morgan fingerprint density at radius 2 is 1.74 bits per heavy atom. The largest absolute Gasteiger partial charge is 0.397 e. The van der Waals surface area contributed by atoms with Crippen molar-refractivity contribution in [3.63, 3.8) is 0 Å². The van der Waals surface area contributed by atoms with Crippen LogP contribution in [-0.2, 0) is 4.79 Å². The van der Waals surface area contributed by atoms with Crippen LogP contribution in [0, 0.1) is 0 Å². The summed E-state index contributed by atoms with van der Waals surface area (Å²) in [6, 6.07) is 7.37. The molecule has 0 unspecified atom stereocenters. The van der Waals surface area contributed by atoms with Crippen molar-refractivity contribution in [3.05, 3.63) is 24.3 Å². The van der Waals surface area contributed by atoms with Crippen LogP contribution in [0.2, 0.25) is 0 Å². The molecule has 0 bridgehead atoms. The number of hydrogen-bond acceptors (Lipinski definition) is 3. The molecule has 1 amide bonds. The number of nitrogens with one attached hydrogen (secondary N) is 1. The lowest BCUT2D eigenvalue weighted by atomic mass is 10.1. The number of rotatable bonds is 3. The molecule has 19 heavy (non-hydrogen) atoms. The minimum absolute atomic E-state index is 0.0264. The Balaban J connectivity index is 1.84. The molecule has 104 valence electrons. The van der Waals surface area contributed by atoms with Crippen LogP contribution in [0.25, 0.3) is 0 Å². The van der Waals surface area contributed by atoms with Crippen LogP contribution in [0.1, 0.15) is 32.1 Å². The topological polar surface area (TPSA) is 58.4 Å². The smallest absolute Gasteiger partial charge is 0.238 e. The SMILES string of the molecule is Nc1ccccc1NC(=O)CN1CCCCCCC1. The van der Waals surface area contributed by atoms with E-state index in [9.17, 15) is 4.79 Å². The molecule has 0 radical (unpaired) electrons. The van der Waals surface area contributed by atoms with Gasteiger partial charge in [-0.1, -0.05) is 31.4 Å². The van der Waals surface area contributed by atoms with Crippen molar-refractivity contribution < 1.29 is 4.79 Å². The van der Waals surface area contributed by atoms with Crippen LogP contribution >= 0.6 is 0 Å². The Bertz CT molecular complexity index is 412. The quantitative estimate of drug-likeness (QED) is 0.822. The third kappa shape index (κ3) is 4.56. The molecular formula is C15H23N3O. The van der Waals surface area contributed by atoms with E-state index < -0.39 is 0 Å². The predicted octanol–water partition coefficient (Wildman–Crippen LogP) is 2.47. The number of hydrogen-bond donors (Lipinski definition) is 2. The lowest BCUT2D eigenvalue weighted by Gasteiger charge is -2.23. The van der Waals surface area contributed by atoms with Gasteiger partial charge in [-0.3, -0.25) is 9.69 Å². The van der Waals surface area contributed by atoms with E-state index in [1.54, 1.807) is 6.07 Å². The van der Waals surface area contributed by atoms with Crippen molar-refractivity contribution >= 4 is 17.3 Å². The molecule has 1 aromatic rings. The predicted molar refractivity (Wildman–Crippen MR) is 79.0 cm³/mol. The summed E-state index contributed by atoms with van der Waals surface area (Å²) >= 11 is 0. The van der Waals surface area contributed by atoms with E-state index in [0.29, 0.717) is 17.9 Å². The Kier molecular flexibility index (Phi) is 5.21. The minimum Gasteiger partial charge on any atom is -0.397 e. The zero-order chi connectivity index (χ0) is 13.5. The van der Waals surface area contributed by atoms with Crippen molar-refractivity contribution in [2.24, 2.45) is 0 Å². The lowest BCUT2D eigenvalue weighted by molar-refractivity contribution is -0.117. The molecule has 1 aliphatic rings. The van der Waals surface area contributed by atoms with Crippen molar-refractivity contribution in [2.45, 2.75) is 32.1 Å². The summed E-state index contributed by atoms with van der Waals surface area (Å²) < 4.78 is 0. The van der Waals surface area contributed by atoms with Crippen LogP contribution < -0.4 is 11.1 Å². The number of nitrogens with zero attached hydrogens (tertiary/aromatic N) is 1. The Morgan fingerprint density at radius 1 is 1.11 bits per heavy atom. The van der Waals surface area contributed by atoms with Gasteiger partial charge in [-0.25, -0.2) is 0 Å². The highest BCUT2D eigenvalue weighted by Gasteiger charge is 2.12. The maximum absolute atomic E-state index is 12.0. The first-order valence-electron chi connectivity index (χ1n) is 7.12. The molecule has 1 heterocycles. The summed E-state index contributed by atoms with van der Waals surface area (Å²) in [7, 11) is 0. The second-order valence-corrected chi connectivity index (χ2v) is 5.18. The van der Waals surface area contributed by atoms with Crippen molar-refractivity contribution in [1.29, 1.82) is 0 Å². The first kappa shape index (κ1) is 13.9. The molecule has 0 spiro atoms. The van der Waals surface area contributed by atoms with Gasteiger partial charge in [0.25, 0.3) is 0 Å². The van der Waals surface area contributed by atoms with E-state index in [2.05, 4.69) is 10.2 Å². The molecule has 0 atom stereocenters. The van der Waals surface area contributed by atoms with Crippen molar-refractivity contribution in [2.75, 3.05) is 30.7 Å². The highest BCUT2D eigenvalue weighted by atomic mass is 16.2. The maximum Gasteiger partial charge on any atom is 0.238 e. The molecule has 4 heteroatoms. The van der Waals surface area contributed by atoms with E-state index >= 15 is 0 Å². The molecule has 2 rings (SSSR count). The van der Waals surface area contributed by atoms with Gasteiger partial charge in [-0.15, -0.1) is 0 Å². The molecule has 0 saturated carbocycles. The molecule has 1 aliphatic heterocycles. The van der Waals surface area contributed by atoms with Gasteiger partial charge >= 0.3 is 0 Å².